The summed E-state index contributed by atoms with van der Waals surface area (Å²) in [6.45, 7) is 2.51. The van der Waals surface area contributed by atoms with Crippen LogP contribution < -0.4 is 4.90 Å². The van der Waals surface area contributed by atoms with E-state index in [1.807, 2.05) is 11.8 Å². The summed E-state index contributed by atoms with van der Waals surface area (Å²) in [5.41, 5.74) is 1.74. The summed E-state index contributed by atoms with van der Waals surface area (Å²) in [7, 11) is 1.72. The molecule has 0 aliphatic carbocycles. The van der Waals surface area contributed by atoms with Gasteiger partial charge in [-0.25, -0.2) is 23.8 Å². The van der Waals surface area contributed by atoms with Crippen molar-refractivity contribution in [3.63, 3.8) is 0 Å². The van der Waals surface area contributed by atoms with Crippen molar-refractivity contribution < 1.29 is 18.8 Å². The van der Waals surface area contributed by atoms with Gasteiger partial charge in [-0.2, -0.15) is 5.10 Å². The highest BCUT2D eigenvalue weighted by atomic mass is 19.1. The van der Waals surface area contributed by atoms with E-state index >= 15 is 0 Å². The molecule has 0 saturated carbocycles. The lowest BCUT2D eigenvalue weighted by atomic mass is 9.96. The number of hydrogen-bond acceptors (Lipinski definition) is 7. The maximum atomic E-state index is 14.4. The van der Waals surface area contributed by atoms with E-state index < -0.39 is 23.5 Å². The molecule has 1 saturated heterocycles. The zero-order valence-electron chi connectivity index (χ0n) is 17.7. The smallest absolute Gasteiger partial charge is 0.249 e. The molecule has 1 aliphatic rings. The number of halogens is 2. The fourth-order valence-corrected chi connectivity index (χ4v) is 3.87. The van der Waals surface area contributed by atoms with Gasteiger partial charge in [0.2, 0.25) is 11.9 Å². The molecular formula is C21H23F2N7O2. The van der Waals surface area contributed by atoms with Crippen molar-refractivity contribution in [2.75, 3.05) is 18.0 Å². The van der Waals surface area contributed by atoms with E-state index in [4.69, 9.17) is 0 Å². The van der Waals surface area contributed by atoms with Crippen LogP contribution in [0.5, 0.6) is 0 Å². The minimum absolute atomic E-state index is 0.173. The molecule has 32 heavy (non-hydrogen) atoms. The number of anilines is 1. The van der Waals surface area contributed by atoms with E-state index in [2.05, 4.69) is 20.1 Å². The first-order chi connectivity index (χ1) is 15.3. The molecule has 0 aromatic carbocycles. The van der Waals surface area contributed by atoms with E-state index in [-0.39, 0.29) is 17.8 Å². The minimum Gasteiger partial charge on any atom is -0.341 e. The number of aryl methyl sites for hydroxylation is 2. The van der Waals surface area contributed by atoms with E-state index in [0.29, 0.717) is 42.6 Å². The zero-order chi connectivity index (χ0) is 22.8. The van der Waals surface area contributed by atoms with Crippen molar-refractivity contribution in [2.24, 2.45) is 13.0 Å². The predicted octanol–water partition coefficient (Wildman–Crippen LogP) is 2.49. The fourth-order valence-electron chi connectivity index (χ4n) is 3.87. The van der Waals surface area contributed by atoms with E-state index in [9.17, 15) is 18.8 Å². The highest BCUT2D eigenvalue weighted by molar-refractivity contribution is 5.78. The van der Waals surface area contributed by atoms with Crippen LogP contribution in [0.25, 0.3) is 11.4 Å². The van der Waals surface area contributed by atoms with Crippen LogP contribution in [-0.4, -0.2) is 54.0 Å². The summed E-state index contributed by atoms with van der Waals surface area (Å²) in [5.74, 6) is -1.63. The molecule has 0 atom stereocenters. The van der Waals surface area contributed by atoms with Crippen molar-refractivity contribution in [1.29, 1.82) is 0 Å². The molecule has 9 nitrogen and oxygen atoms in total. The molecule has 0 bridgehead atoms. The first-order valence-corrected chi connectivity index (χ1v) is 10.2. The van der Waals surface area contributed by atoms with Crippen LogP contribution in [0.3, 0.4) is 0 Å². The van der Waals surface area contributed by atoms with Crippen molar-refractivity contribution >= 4 is 11.9 Å². The van der Waals surface area contributed by atoms with Crippen LogP contribution in [0.15, 0.2) is 30.9 Å². The van der Waals surface area contributed by atoms with Gasteiger partial charge in [0.1, 0.15) is 11.5 Å². The Kier molecular flexibility index (Phi) is 6.08. The van der Waals surface area contributed by atoms with Gasteiger partial charge in [0, 0.05) is 37.8 Å². The number of aromatic nitrogens is 5. The highest BCUT2D eigenvalue weighted by Crippen LogP contribution is 2.27. The Bertz CT molecular complexity index is 1110. The van der Waals surface area contributed by atoms with Crippen LogP contribution in [-0.2, 0) is 18.4 Å². The second kappa shape index (κ2) is 8.95. The zero-order valence-corrected chi connectivity index (χ0v) is 17.7. The third-order valence-corrected chi connectivity index (χ3v) is 5.64. The number of hydroxylamine groups is 2. The van der Waals surface area contributed by atoms with Gasteiger partial charge in [0.25, 0.3) is 0 Å². The lowest BCUT2D eigenvalue weighted by molar-refractivity contribution is -0.173. The van der Waals surface area contributed by atoms with Crippen LogP contribution in [0.4, 0.5) is 14.7 Å². The quantitative estimate of drug-likeness (QED) is 0.478. The number of carbonyl (C=O) groups is 1. The average Bonchev–Trinajstić information content (AvgIpc) is 3.13. The normalized spacial score (nSPS) is 14.6. The van der Waals surface area contributed by atoms with E-state index in [1.54, 1.807) is 17.9 Å². The van der Waals surface area contributed by atoms with E-state index in [1.165, 1.54) is 12.3 Å². The number of rotatable bonds is 5. The molecule has 1 N–H and O–H groups in total. The molecule has 4 rings (SSSR count). The standard InChI is InChI=1S/C21H23F2N7O2/c1-13-9-26-28(2)19(13)18-17(23)11-25-21(27-18)29-7-4-14(5-8-29)20(31)30(32)12-15-3-6-24-10-16(15)22/h3,6,9-11,14,32H,4-5,7-8,12H2,1-2H3. The molecule has 3 aromatic heterocycles. The Morgan fingerprint density at radius 1 is 1.22 bits per heavy atom. The molecule has 3 aromatic rings. The molecule has 1 aliphatic heterocycles. The predicted molar refractivity (Wildman–Crippen MR) is 110 cm³/mol. The molecule has 0 radical (unpaired) electrons. The Morgan fingerprint density at radius 3 is 2.62 bits per heavy atom. The summed E-state index contributed by atoms with van der Waals surface area (Å²) in [6.07, 6.45) is 6.13. The SMILES string of the molecule is Cc1cnn(C)c1-c1nc(N2CCC(C(=O)N(O)Cc3ccncc3F)CC2)ncc1F. The third-order valence-electron chi connectivity index (χ3n) is 5.64. The van der Waals surface area contributed by atoms with Crippen molar-refractivity contribution in [3.05, 3.63) is 53.6 Å². The summed E-state index contributed by atoms with van der Waals surface area (Å²) >= 11 is 0. The Balaban J connectivity index is 1.42. The highest BCUT2D eigenvalue weighted by Gasteiger charge is 2.30. The lowest BCUT2D eigenvalue weighted by Crippen LogP contribution is -2.42. The second-order valence-corrected chi connectivity index (χ2v) is 7.79. The van der Waals surface area contributed by atoms with Crippen molar-refractivity contribution in [2.45, 2.75) is 26.3 Å². The molecule has 4 heterocycles. The van der Waals surface area contributed by atoms with Crippen molar-refractivity contribution in [1.82, 2.24) is 29.8 Å². The van der Waals surface area contributed by atoms with Gasteiger partial charge in [-0.05, 0) is 31.4 Å². The summed E-state index contributed by atoms with van der Waals surface area (Å²) in [4.78, 5) is 26.7. The van der Waals surface area contributed by atoms with Crippen LogP contribution >= 0.6 is 0 Å². The summed E-state index contributed by atoms with van der Waals surface area (Å²) < 4.78 is 29.7. The largest absolute Gasteiger partial charge is 0.341 e. The number of piperidine rings is 1. The van der Waals surface area contributed by atoms with Crippen LogP contribution in [0.1, 0.15) is 24.0 Å². The van der Waals surface area contributed by atoms with Crippen molar-refractivity contribution in [3.8, 4) is 11.4 Å². The second-order valence-electron chi connectivity index (χ2n) is 7.79. The van der Waals surface area contributed by atoms with Crippen LogP contribution in [0.2, 0.25) is 0 Å². The van der Waals surface area contributed by atoms with Gasteiger partial charge in [-0.1, -0.05) is 0 Å². The van der Waals surface area contributed by atoms with Gasteiger partial charge in [-0.3, -0.25) is 19.7 Å². The molecule has 0 unspecified atom stereocenters. The third kappa shape index (κ3) is 4.28. The Hall–Kier alpha value is -3.47. The Morgan fingerprint density at radius 2 is 1.97 bits per heavy atom. The fraction of sp³-hybridized carbons (Fsp3) is 0.381. The first kappa shape index (κ1) is 21.8. The first-order valence-electron chi connectivity index (χ1n) is 10.2. The summed E-state index contributed by atoms with van der Waals surface area (Å²) in [5, 5.41) is 14.9. The van der Waals surface area contributed by atoms with Gasteiger partial charge >= 0.3 is 0 Å². The van der Waals surface area contributed by atoms with E-state index in [0.717, 1.165) is 18.0 Å². The number of hydrogen-bond donors (Lipinski definition) is 1. The topological polar surface area (TPSA) is 100 Å². The van der Waals surface area contributed by atoms with Gasteiger partial charge in [0.15, 0.2) is 5.82 Å². The lowest BCUT2D eigenvalue weighted by Gasteiger charge is -2.32. The average molecular weight is 443 g/mol. The number of amides is 1. The molecule has 1 amide bonds. The van der Waals surface area contributed by atoms with Gasteiger partial charge in [-0.15, -0.1) is 0 Å². The monoisotopic (exact) mass is 443 g/mol. The minimum atomic E-state index is -0.581. The molecule has 168 valence electrons. The number of carbonyl (C=O) groups excluding carboxylic acids is 1. The van der Waals surface area contributed by atoms with Gasteiger partial charge < -0.3 is 4.90 Å². The Labute approximate surface area is 183 Å². The number of nitrogens with zero attached hydrogens (tertiary/aromatic N) is 7. The van der Waals surface area contributed by atoms with Crippen LogP contribution in [0, 0.1) is 24.5 Å². The maximum absolute atomic E-state index is 14.4. The summed E-state index contributed by atoms with van der Waals surface area (Å²) in [6, 6.07) is 1.42. The molecule has 11 heteroatoms. The molecule has 1 fully saturated rings. The van der Waals surface area contributed by atoms with Gasteiger partial charge in [0.05, 0.1) is 30.8 Å². The molecule has 0 spiro atoms. The molecular weight excluding hydrogens is 420 g/mol. The number of pyridine rings is 1. The maximum Gasteiger partial charge on any atom is 0.249 e.